The molecule has 0 radical (unpaired) electrons. The minimum Gasteiger partial charge on any atom is -0.508 e. The average molecular weight is 842 g/mol. The van der Waals surface area contributed by atoms with Crippen LogP contribution in [0.1, 0.15) is 112 Å². The number of phenols is 1. The summed E-state index contributed by atoms with van der Waals surface area (Å²) in [6, 6.07) is 35.7. The second kappa shape index (κ2) is 15.8. The molecule has 11 rings (SSSR count). The summed E-state index contributed by atoms with van der Waals surface area (Å²) in [7, 11) is 0. The maximum Gasteiger partial charge on any atom is 0.162 e. The molecule has 3 atom stereocenters. The number of benzene rings is 4. The van der Waals surface area contributed by atoms with Gasteiger partial charge in [0.2, 0.25) is 0 Å². The summed E-state index contributed by atoms with van der Waals surface area (Å²) >= 11 is 1.82. The minimum absolute atomic E-state index is 0.0687. The summed E-state index contributed by atoms with van der Waals surface area (Å²) in [5.41, 5.74) is 13.4. The number of piperidine rings is 2. The summed E-state index contributed by atoms with van der Waals surface area (Å²) in [6.07, 6.45) is 7.18. The predicted octanol–water partition coefficient (Wildman–Crippen LogP) is 10.6. The highest BCUT2D eigenvalue weighted by molar-refractivity contribution is 7.15. The lowest BCUT2D eigenvalue weighted by Gasteiger charge is -2.55. The van der Waals surface area contributed by atoms with Crippen LogP contribution in [0, 0.1) is 32.1 Å². The van der Waals surface area contributed by atoms with Gasteiger partial charge in [0, 0.05) is 79.1 Å². The average Bonchev–Trinajstić information content (AvgIpc) is 3.78. The maximum atomic E-state index is 10.3. The number of anilines is 2. The lowest BCUT2D eigenvalue weighted by Crippen LogP contribution is -2.61. The molecule has 1 N–H and O–H groups in total. The Morgan fingerprint density at radius 3 is 2.18 bits per heavy atom. The third-order valence-corrected chi connectivity index (χ3v) is 16.6. The fourth-order valence-corrected chi connectivity index (χ4v) is 13.0. The van der Waals surface area contributed by atoms with Gasteiger partial charge in [-0.3, -0.25) is 9.56 Å². The molecule has 2 aromatic heterocycles. The first-order valence-electron chi connectivity index (χ1n) is 23.1. The first-order valence-corrected chi connectivity index (χ1v) is 23.9. The molecule has 6 aromatic rings. The summed E-state index contributed by atoms with van der Waals surface area (Å²) < 4.78 is 2.22. The number of fused-ring (bicyclic) bond motifs is 4. The number of nitrogens with zero attached hydrogens (tertiary/aromatic N) is 7. The van der Waals surface area contributed by atoms with Crippen molar-refractivity contribution >= 4 is 28.4 Å². The van der Waals surface area contributed by atoms with Crippen molar-refractivity contribution in [3.8, 4) is 10.8 Å². The van der Waals surface area contributed by atoms with Crippen LogP contribution in [0.25, 0.3) is 5.00 Å². The monoisotopic (exact) mass is 841 g/mol. The maximum absolute atomic E-state index is 10.3. The van der Waals surface area contributed by atoms with Gasteiger partial charge in [-0.05, 0) is 148 Å². The van der Waals surface area contributed by atoms with Crippen molar-refractivity contribution < 1.29 is 5.11 Å². The number of aliphatic imine (C=N–C) groups is 1. The number of hydrogen-bond acceptors (Lipinski definition) is 8. The van der Waals surface area contributed by atoms with Crippen molar-refractivity contribution in [2.75, 3.05) is 55.6 Å². The minimum atomic E-state index is -0.0687. The standard InChI is InChI=1S/C53H59N7OS/c1-34-36(3)62-52-48(34)50(54-35(2)51-56-55-37(4)60(51)52)41-12-17-43(18-13-41)58-26-22-38(23-27-58)31-57-32-53(33-57)24-28-59(29-25-53)44-15-10-40(11-16-44)49-46(39-8-6-5-7-9-39)20-14-42-30-45(61)19-21-47(42)49/h5-13,15-19,21,30,35,38,46,49,61H,14,20,22-29,31-33H2,1-4H3/t35-,46+,49-/m0/s1. The number of likely N-dealkylation sites (tertiary alicyclic amines) is 1. The fourth-order valence-electron chi connectivity index (χ4n) is 11.8. The van der Waals surface area contributed by atoms with Crippen LogP contribution in [-0.2, 0) is 6.42 Å². The zero-order valence-electron chi connectivity index (χ0n) is 36.7. The molecule has 318 valence electrons. The molecule has 0 bridgehead atoms. The zero-order valence-corrected chi connectivity index (χ0v) is 37.5. The van der Waals surface area contributed by atoms with Crippen LogP contribution in [-0.4, -0.2) is 76.3 Å². The van der Waals surface area contributed by atoms with Crippen LogP contribution >= 0.6 is 11.3 Å². The van der Waals surface area contributed by atoms with Gasteiger partial charge in [0.05, 0.1) is 5.71 Å². The van der Waals surface area contributed by atoms with E-state index >= 15 is 0 Å². The van der Waals surface area contributed by atoms with Crippen LogP contribution in [0.2, 0.25) is 0 Å². The highest BCUT2D eigenvalue weighted by Crippen LogP contribution is 2.48. The quantitative estimate of drug-likeness (QED) is 0.173. The Balaban J connectivity index is 0.678. The van der Waals surface area contributed by atoms with Crippen molar-refractivity contribution in [2.45, 2.75) is 84.1 Å². The number of aryl methyl sites for hydroxylation is 3. The molecule has 0 saturated carbocycles. The molecular formula is C53H59N7OS. The van der Waals surface area contributed by atoms with Crippen LogP contribution in [0.15, 0.2) is 102 Å². The largest absolute Gasteiger partial charge is 0.508 e. The van der Waals surface area contributed by atoms with Gasteiger partial charge in [-0.1, -0.05) is 60.7 Å². The molecule has 3 fully saturated rings. The number of aromatic nitrogens is 3. The molecule has 1 spiro atoms. The van der Waals surface area contributed by atoms with Crippen molar-refractivity contribution in [1.29, 1.82) is 0 Å². The van der Waals surface area contributed by atoms with E-state index in [1.54, 1.807) is 0 Å². The third kappa shape index (κ3) is 7.05. The van der Waals surface area contributed by atoms with Crippen LogP contribution < -0.4 is 9.80 Å². The van der Waals surface area contributed by atoms with Gasteiger partial charge in [-0.25, -0.2) is 0 Å². The van der Waals surface area contributed by atoms with Gasteiger partial charge >= 0.3 is 0 Å². The number of phenolic OH excluding ortho intramolecular Hbond substituents is 1. The first kappa shape index (κ1) is 39.6. The fraction of sp³-hybridized carbons (Fsp3) is 0.415. The van der Waals surface area contributed by atoms with Crippen molar-refractivity contribution in [2.24, 2.45) is 16.3 Å². The predicted molar refractivity (Wildman–Crippen MR) is 253 cm³/mol. The molecule has 9 heteroatoms. The topological polar surface area (TPSA) is 73.0 Å². The Hall–Kier alpha value is -5.25. The SMILES string of the molecule is Cc1sc2c(c1C)C(c1ccc(N3CCC(CN4CC5(CCN(c6ccc([C@@H]7c8ccc(O)cc8CC[C@@H]7c7ccccc7)cc6)CC5)C4)CC3)cc1)=N[C@@H](C)c1nnc(C)n1-2. The smallest absolute Gasteiger partial charge is 0.162 e. The Bertz CT molecular complexity index is 2600. The number of aromatic hydroxyl groups is 1. The second-order valence-corrected chi connectivity index (χ2v) is 20.4. The van der Waals surface area contributed by atoms with Crippen molar-refractivity contribution in [1.82, 2.24) is 19.7 Å². The van der Waals surface area contributed by atoms with E-state index in [1.807, 2.05) is 30.4 Å². The van der Waals surface area contributed by atoms with E-state index in [1.165, 1.54) is 106 Å². The summed E-state index contributed by atoms with van der Waals surface area (Å²) in [6.45, 7) is 16.9. The van der Waals surface area contributed by atoms with E-state index in [0.29, 0.717) is 17.1 Å². The van der Waals surface area contributed by atoms with Gasteiger partial charge in [-0.15, -0.1) is 21.5 Å². The Labute approximate surface area is 371 Å². The van der Waals surface area contributed by atoms with Gasteiger partial charge < -0.3 is 19.8 Å². The van der Waals surface area contributed by atoms with E-state index in [4.69, 9.17) is 4.99 Å². The molecule has 4 aromatic carbocycles. The lowest BCUT2D eigenvalue weighted by molar-refractivity contribution is -0.0292. The summed E-state index contributed by atoms with van der Waals surface area (Å²) in [5, 5.41) is 20.4. The molecule has 6 heterocycles. The molecule has 0 unspecified atom stereocenters. The number of hydrogen-bond donors (Lipinski definition) is 1. The Morgan fingerprint density at radius 1 is 0.758 bits per heavy atom. The normalized spacial score (nSPS) is 22.4. The summed E-state index contributed by atoms with van der Waals surface area (Å²) in [4.78, 5) is 14.6. The van der Waals surface area contributed by atoms with Crippen LogP contribution in [0.3, 0.4) is 0 Å². The van der Waals surface area contributed by atoms with E-state index in [-0.39, 0.29) is 12.0 Å². The van der Waals surface area contributed by atoms with Crippen molar-refractivity contribution in [3.05, 3.63) is 153 Å². The highest BCUT2D eigenvalue weighted by atomic mass is 32.1. The summed E-state index contributed by atoms with van der Waals surface area (Å²) in [5.74, 6) is 3.70. The number of thiophene rings is 1. The van der Waals surface area contributed by atoms with Crippen LogP contribution in [0.5, 0.6) is 5.75 Å². The van der Waals surface area contributed by atoms with E-state index in [0.717, 1.165) is 62.3 Å². The van der Waals surface area contributed by atoms with Gasteiger partial charge in [-0.2, -0.15) is 0 Å². The van der Waals surface area contributed by atoms with E-state index < -0.39 is 0 Å². The molecule has 1 aliphatic carbocycles. The molecule has 5 aliphatic rings. The highest BCUT2D eigenvalue weighted by Gasteiger charge is 2.45. The van der Waals surface area contributed by atoms with Crippen LogP contribution in [0.4, 0.5) is 11.4 Å². The van der Waals surface area contributed by atoms with Gasteiger partial charge in [0.15, 0.2) is 5.82 Å². The van der Waals surface area contributed by atoms with E-state index in [2.05, 4.69) is 135 Å². The van der Waals surface area contributed by atoms with Crippen molar-refractivity contribution in [3.63, 3.8) is 0 Å². The third-order valence-electron chi connectivity index (χ3n) is 15.4. The van der Waals surface area contributed by atoms with E-state index in [9.17, 15) is 5.11 Å². The van der Waals surface area contributed by atoms with Gasteiger partial charge in [0.25, 0.3) is 0 Å². The first-order chi connectivity index (χ1) is 30.2. The molecule has 3 saturated heterocycles. The second-order valence-electron chi connectivity index (χ2n) is 19.2. The zero-order chi connectivity index (χ0) is 42.1. The lowest BCUT2D eigenvalue weighted by atomic mass is 9.69. The Kier molecular flexibility index (Phi) is 10.1. The molecular weight excluding hydrogens is 783 g/mol. The molecule has 62 heavy (non-hydrogen) atoms. The number of rotatable bonds is 7. The molecule has 4 aliphatic heterocycles. The molecule has 0 amide bonds. The molecule has 8 nitrogen and oxygen atoms in total. The Morgan fingerprint density at radius 2 is 1.45 bits per heavy atom. The van der Waals surface area contributed by atoms with Gasteiger partial charge in [0.1, 0.15) is 22.6 Å².